The zero-order valence-corrected chi connectivity index (χ0v) is 26.1. The lowest BCUT2D eigenvalue weighted by Crippen LogP contribution is -2.47. The summed E-state index contributed by atoms with van der Waals surface area (Å²) < 4.78 is 12.8. The van der Waals surface area contributed by atoms with Gasteiger partial charge in [-0.15, -0.1) is 5.10 Å². The number of anilines is 4. The maximum atomic E-state index is 13.3. The summed E-state index contributed by atoms with van der Waals surface area (Å²) >= 11 is 0. The molecule has 2 aromatic heterocycles. The molecule has 2 aliphatic heterocycles. The summed E-state index contributed by atoms with van der Waals surface area (Å²) in [5.74, 6) is 0.746. The molecular formula is C31H41N7O5. The highest BCUT2D eigenvalue weighted by Crippen LogP contribution is 2.43. The Kier molecular flexibility index (Phi) is 7.52. The molecule has 2 N–H and O–H groups in total. The van der Waals surface area contributed by atoms with Crippen molar-refractivity contribution >= 4 is 46.9 Å². The van der Waals surface area contributed by atoms with Crippen molar-refractivity contribution < 1.29 is 23.9 Å². The fraction of sp³-hybridized carbons (Fsp3) is 0.516. The smallest absolute Gasteiger partial charge is 0.421 e. The fourth-order valence-corrected chi connectivity index (χ4v) is 5.31. The van der Waals surface area contributed by atoms with E-state index in [-0.39, 0.29) is 18.0 Å². The predicted octanol–water partition coefficient (Wildman–Crippen LogP) is 5.84. The molecule has 0 aliphatic carbocycles. The predicted molar refractivity (Wildman–Crippen MR) is 164 cm³/mol. The number of benzene rings is 1. The number of rotatable bonds is 4. The van der Waals surface area contributed by atoms with Crippen LogP contribution in [0.15, 0.2) is 36.4 Å². The van der Waals surface area contributed by atoms with E-state index in [1.165, 1.54) is 0 Å². The van der Waals surface area contributed by atoms with E-state index < -0.39 is 22.7 Å². The van der Waals surface area contributed by atoms with Crippen molar-refractivity contribution in [1.82, 2.24) is 19.5 Å². The van der Waals surface area contributed by atoms with Gasteiger partial charge in [0.2, 0.25) is 11.9 Å². The number of fused-ring (bicyclic) bond motifs is 2. The molecule has 3 amide bonds. The summed E-state index contributed by atoms with van der Waals surface area (Å²) in [6.45, 7) is 15.6. The third-order valence-electron chi connectivity index (χ3n) is 7.27. The Bertz CT molecular complexity index is 1570. The van der Waals surface area contributed by atoms with Gasteiger partial charge in [-0.2, -0.15) is 9.50 Å². The largest absolute Gasteiger partial charge is 0.444 e. The average molecular weight is 592 g/mol. The first-order valence-electron chi connectivity index (χ1n) is 14.6. The van der Waals surface area contributed by atoms with Crippen LogP contribution in [-0.2, 0) is 19.7 Å². The number of ether oxygens (including phenoxy) is 2. The van der Waals surface area contributed by atoms with E-state index in [4.69, 9.17) is 9.47 Å². The van der Waals surface area contributed by atoms with Gasteiger partial charge in [0.15, 0.2) is 5.65 Å². The lowest BCUT2D eigenvalue weighted by molar-refractivity contribution is -0.121. The normalized spacial score (nSPS) is 18.4. The molecule has 12 nitrogen and oxygen atoms in total. The molecule has 3 aromatic rings. The van der Waals surface area contributed by atoms with Crippen LogP contribution in [0.25, 0.3) is 5.65 Å². The summed E-state index contributed by atoms with van der Waals surface area (Å²) in [6.07, 6.45) is 0.730. The van der Waals surface area contributed by atoms with Crippen molar-refractivity contribution in [1.29, 1.82) is 0 Å². The van der Waals surface area contributed by atoms with Crippen LogP contribution in [0.4, 0.5) is 32.7 Å². The monoisotopic (exact) mass is 591 g/mol. The number of amides is 3. The van der Waals surface area contributed by atoms with Gasteiger partial charge in [0, 0.05) is 24.8 Å². The fourth-order valence-electron chi connectivity index (χ4n) is 5.31. The maximum Gasteiger partial charge on any atom is 0.421 e. The van der Waals surface area contributed by atoms with Crippen molar-refractivity contribution in [3.05, 3.63) is 42.0 Å². The minimum atomic E-state index is -0.884. The third-order valence-corrected chi connectivity index (χ3v) is 7.27. The van der Waals surface area contributed by atoms with E-state index in [9.17, 15) is 14.4 Å². The standard InChI is InChI=1S/C31H41N7O5/c1-29(2,3)42-27(40)36-16-10-11-20(18-36)32-23-12-9-13-24-34-26(35-38(23)24)33-19-14-15-21-22(17-19)37(25(39)31(21,7)8)28(41)43-30(4,5)6/h9,12-15,17,20,32H,10-11,16,18H2,1-8H3,(H,33,35)/t20-/m0/s1. The lowest BCUT2D eigenvalue weighted by Gasteiger charge is -2.34. The second kappa shape index (κ2) is 10.7. The van der Waals surface area contributed by atoms with E-state index in [0.29, 0.717) is 36.1 Å². The molecule has 230 valence electrons. The second-order valence-corrected chi connectivity index (χ2v) is 13.6. The first kappa shape index (κ1) is 30.1. The van der Waals surface area contributed by atoms with E-state index in [1.807, 2.05) is 51.1 Å². The van der Waals surface area contributed by atoms with Crippen LogP contribution < -0.4 is 15.5 Å². The highest BCUT2D eigenvalue weighted by atomic mass is 16.6. The number of likely N-dealkylation sites (tertiary alicyclic amines) is 1. The van der Waals surface area contributed by atoms with Crippen LogP contribution in [0.2, 0.25) is 0 Å². The van der Waals surface area contributed by atoms with Crippen molar-refractivity contribution in [3.8, 4) is 0 Å². The van der Waals surface area contributed by atoms with Crippen molar-refractivity contribution in [2.75, 3.05) is 28.6 Å². The molecule has 5 rings (SSSR count). The average Bonchev–Trinajstić information content (AvgIpc) is 3.38. The number of nitrogens with zero attached hydrogens (tertiary/aromatic N) is 5. The first-order valence-corrected chi connectivity index (χ1v) is 14.6. The van der Waals surface area contributed by atoms with Crippen LogP contribution >= 0.6 is 0 Å². The molecule has 1 fully saturated rings. The summed E-state index contributed by atoms with van der Waals surface area (Å²) in [5.41, 5.74) is 0.251. The molecule has 0 bridgehead atoms. The molecule has 0 radical (unpaired) electrons. The molecule has 0 saturated carbocycles. The first-order chi connectivity index (χ1) is 20.0. The Labute approximate surface area is 251 Å². The van der Waals surface area contributed by atoms with E-state index in [2.05, 4.69) is 20.7 Å². The van der Waals surface area contributed by atoms with Crippen molar-refractivity contribution in [3.63, 3.8) is 0 Å². The second-order valence-electron chi connectivity index (χ2n) is 13.6. The molecule has 12 heteroatoms. The van der Waals surface area contributed by atoms with Gasteiger partial charge >= 0.3 is 12.2 Å². The van der Waals surface area contributed by atoms with Gasteiger partial charge in [0.05, 0.1) is 11.1 Å². The topological polar surface area (TPSA) is 130 Å². The molecule has 4 heterocycles. The van der Waals surface area contributed by atoms with Gasteiger partial charge in [-0.3, -0.25) is 4.79 Å². The minimum absolute atomic E-state index is 0.0175. The SMILES string of the molecule is CC(C)(C)OC(=O)N1CCC[C@H](Nc2cccc3nc(Nc4ccc5c(c4)N(C(=O)OC(C)(C)C)C(=O)C5(C)C)nn23)C1. The van der Waals surface area contributed by atoms with Gasteiger partial charge < -0.3 is 25.0 Å². The van der Waals surface area contributed by atoms with Gasteiger partial charge in [0.25, 0.3) is 0 Å². The van der Waals surface area contributed by atoms with Gasteiger partial charge in [-0.1, -0.05) is 12.1 Å². The number of piperidine rings is 1. The quantitative estimate of drug-likeness (QED) is 0.384. The molecule has 0 unspecified atom stereocenters. The highest BCUT2D eigenvalue weighted by molar-refractivity contribution is 6.21. The zero-order valence-electron chi connectivity index (χ0n) is 26.1. The summed E-state index contributed by atoms with van der Waals surface area (Å²) in [7, 11) is 0. The molecule has 2 aliphatic rings. The molecular weight excluding hydrogens is 550 g/mol. The number of pyridine rings is 1. The number of carbonyl (C=O) groups is 3. The third kappa shape index (κ3) is 6.37. The number of aromatic nitrogens is 3. The number of nitrogens with one attached hydrogen (secondary N) is 2. The Balaban J connectivity index is 1.35. The summed E-state index contributed by atoms with van der Waals surface area (Å²) in [4.78, 5) is 46.4. The summed E-state index contributed by atoms with van der Waals surface area (Å²) in [6, 6.07) is 11.1. The molecule has 43 heavy (non-hydrogen) atoms. The van der Waals surface area contributed by atoms with Crippen LogP contribution in [0.1, 0.15) is 73.8 Å². The number of hydrogen-bond acceptors (Lipinski definition) is 9. The Hall–Kier alpha value is -4.35. The highest BCUT2D eigenvalue weighted by Gasteiger charge is 2.48. The van der Waals surface area contributed by atoms with Gasteiger partial charge in [0.1, 0.15) is 17.0 Å². The van der Waals surface area contributed by atoms with Crippen LogP contribution in [-0.4, -0.2) is 67.9 Å². The zero-order chi connectivity index (χ0) is 31.3. The van der Waals surface area contributed by atoms with Crippen LogP contribution in [0, 0.1) is 0 Å². The molecule has 1 atom stereocenters. The van der Waals surface area contributed by atoms with E-state index >= 15 is 0 Å². The summed E-state index contributed by atoms with van der Waals surface area (Å²) in [5, 5.41) is 11.4. The Morgan fingerprint density at radius 2 is 1.70 bits per heavy atom. The van der Waals surface area contributed by atoms with Crippen LogP contribution in [0.5, 0.6) is 0 Å². The molecule has 1 saturated heterocycles. The molecule has 1 aromatic carbocycles. The van der Waals surface area contributed by atoms with Crippen molar-refractivity contribution in [2.24, 2.45) is 0 Å². The minimum Gasteiger partial charge on any atom is -0.444 e. The number of hydrogen-bond donors (Lipinski definition) is 2. The van der Waals surface area contributed by atoms with Crippen LogP contribution in [0.3, 0.4) is 0 Å². The number of imide groups is 1. The van der Waals surface area contributed by atoms with E-state index in [1.54, 1.807) is 50.1 Å². The number of carbonyl (C=O) groups excluding carboxylic acids is 3. The van der Waals surface area contributed by atoms with Gasteiger partial charge in [-0.05, 0) is 98.1 Å². The Morgan fingerprint density at radius 3 is 2.40 bits per heavy atom. The Morgan fingerprint density at radius 1 is 1.00 bits per heavy atom. The lowest BCUT2D eigenvalue weighted by atomic mass is 9.86. The van der Waals surface area contributed by atoms with Crippen molar-refractivity contribution in [2.45, 2.75) is 90.9 Å². The van der Waals surface area contributed by atoms with Gasteiger partial charge in [-0.25, -0.2) is 14.5 Å². The maximum absolute atomic E-state index is 13.3. The van der Waals surface area contributed by atoms with E-state index in [0.717, 1.165) is 29.1 Å². The molecule has 0 spiro atoms.